The lowest BCUT2D eigenvalue weighted by molar-refractivity contribution is 1.41. The van der Waals surface area contributed by atoms with E-state index in [2.05, 4.69) is 156 Å². The molecular formula is C46H28N2. The van der Waals surface area contributed by atoms with Crippen molar-refractivity contribution >= 4 is 64.9 Å². The van der Waals surface area contributed by atoms with Crippen molar-refractivity contribution in [1.29, 1.82) is 0 Å². The zero-order valence-electron chi connectivity index (χ0n) is 26.1. The molecule has 0 unspecified atom stereocenters. The smallest absolute Gasteiger partial charge is 0.0702 e. The lowest BCUT2D eigenvalue weighted by atomic mass is 9.86. The summed E-state index contributed by atoms with van der Waals surface area (Å²) in [6, 6.07) is 57.6. The third-order valence-corrected chi connectivity index (χ3v) is 9.86. The first-order chi connectivity index (χ1) is 23.8. The molecule has 2 aromatic heterocycles. The molecule has 48 heavy (non-hydrogen) atoms. The van der Waals surface area contributed by atoms with Crippen LogP contribution in [0.25, 0.3) is 98.3 Å². The van der Waals surface area contributed by atoms with Gasteiger partial charge in [-0.1, -0.05) is 97.1 Å². The SMILES string of the molecule is c1ccc2cc(-c3cc4cc(-c5ccc6ncccc6c5)c5ccccc5c4c4cc(-c5ccc6ncccc6c5)ccc34)ccc2c1. The van der Waals surface area contributed by atoms with E-state index in [0.29, 0.717) is 0 Å². The van der Waals surface area contributed by atoms with E-state index in [-0.39, 0.29) is 0 Å². The number of hydrogen-bond donors (Lipinski definition) is 0. The minimum absolute atomic E-state index is 1.01. The molecule has 0 fully saturated rings. The van der Waals surface area contributed by atoms with Crippen LogP contribution in [0.5, 0.6) is 0 Å². The molecule has 0 N–H and O–H groups in total. The summed E-state index contributed by atoms with van der Waals surface area (Å²) < 4.78 is 0. The molecule has 2 nitrogen and oxygen atoms in total. The Hall–Kier alpha value is -6.38. The van der Waals surface area contributed by atoms with Crippen molar-refractivity contribution in [2.45, 2.75) is 0 Å². The normalized spacial score (nSPS) is 11.8. The highest BCUT2D eigenvalue weighted by molar-refractivity contribution is 6.26. The summed E-state index contributed by atoms with van der Waals surface area (Å²) in [7, 11) is 0. The summed E-state index contributed by atoms with van der Waals surface area (Å²) in [4.78, 5) is 9.13. The second-order valence-corrected chi connectivity index (χ2v) is 12.6. The maximum atomic E-state index is 4.58. The van der Waals surface area contributed by atoms with E-state index in [1.165, 1.54) is 76.5 Å². The predicted octanol–water partition coefficient (Wildman–Crippen LogP) is 12.4. The summed E-state index contributed by atoms with van der Waals surface area (Å²) in [5, 5.41) is 12.3. The Kier molecular flexibility index (Phi) is 5.91. The molecule has 0 saturated heterocycles. The van der Waals surface area contributed by atoms with Crippen molar-refractivity contribution in [2.75, 3.05) is 0 Å². The molecule has 0 saturated carbocycles. The molecule has 0 atom stereocenters. The van der Waals surface area contributed by atoms with E-state index in [9.17, 15) is 0 Å². The summed E-state index contributed by atoms with van der Waals surface area (Å²) in [6.07, 6.45) is 3.71. The van der Waals surface area contributed by atoms with Crippen LogP contribution in [-0.4, -0.2) is 9.97 Å². The predicted molar refractivity (Wildman–Crippen MR) is 203 cm³/mol. The topological polar surface area (TPSA) is 25.8 Å². The Labute approximate surface area is 277 Å². The van der Waals surface area contributed by atoms with Crippen LogP contribution in [0.3, 0.4) is 0 Å². The van der Waals surface area contributed by atoms with Crippen LogP contribution in [0, 0.1) is 0 Å². The maximum Gasteiger partial charge on any atom is 0.0702 e. The molecule has 0 amide bonds. The molecule has 2 heteroatoms. The van der Waals surface area contributed by atoms with Crippen molar-refractivity contribution in [1.82, 2.24) is 9.97 Å². The fourth-order valence-electron chi connectivity index (χ4n) is 7.54. The average Bonchev–Trinajstić information content (AvgIpc) is 3.16. The van der Waals surface area contributed by atoms with Crippen LogP contribution in [0.1, 0.15) is 0 Å². The van der Waals surface area contributed by atoms with Gasteiger partial charge in [-0.15, -0.1) is 0 Å². The van der Waals surface area contributed by atoms with Crippen LogP contribution in [0.2, 0.25) is 0 Å². The van der Waals surface area contributed by atoms with Gasteiger partial charge in [-0.25, -0.2) is 0 Å². The first-order valence-corrected chi connectivity index (χ1v) is 16.4. The highest BCUT2D eigenvalue weighted by atomic mass is 14.6. The van der Waals surface area contributed by atoms with Crippen molar-refractivity contribution in [3.63, 3.8) is 0 Å². The standard InChI is InChI=1S/C46H28N2/c1-2-8-30-23-33(14-13-29(30)7-1)42-28-37-27-41(34-17-20-45-36(25-34)10-6-22-48-45)38-11-3-4-12-40(38)46(37)43-26-32(15-18-39(42)43)31-16-19-44-35(24-31)9-5-21-47-44/h1-28H. The van der Waals surface area contributed by atoms with Gasteiger partial charge in [0.1, 0.15) is 0 Å². The monoisotopic (exact) mass is 608 g/mol. The van der Waals surface area contributed by atoms with E-state index in [0.717, 1.165) is 21.8 Å². The zero-order chi connectivity index (χ0) is 31.6. The summed E-state index contributed by atoms with van der Waals surface area (Å²) >= 11 is 0. The van der Waals surface area contributed by atoms with Gasteiger partial charge >= 0.3 is 0 Å². The van der Waals surface area contributed by atoms with Crippen LogP contribution < -0.4 is 0 Å². The van der Waals surface area contributed by atoms with Gasteiger partial charge in [0.25, 0.3) is 0 Å². The number of rotatable bonds is 3. The number of pyridine rings is 2. The van der Waals surface area contributed by atoms with Crippen molar-refractivity contribution < 1.29 is 0 Å². The molecular weight excluding hydrogens is 581 g/mol. The second-order valence-electron chi connectivity index (χ2n) is 12.6. The third-order valence-electron chi connectivity index (χ3n) is 9.86. The van der Waals surface area contributed by atoms with Crippen LogP contribution in [-0.2, 0) is 0 Å². The van der Waals surface area contributed by atoms with Crippen LogP contribution >= 0.6 is 0 Å². The van der Waals surface area contributed by atoms with Gasteiger partial charge in [0.2, 0.25) is 0 Å². The van der Waals surface area contributed by atoms with E-state index < -0.39 is 0 Å². The van der Waals surface area contributed by atoms with E-state index in [1.807, 2.05) is 24.5 Å². The number of nitrogens with zero attached hydrogens (tertiary/aromatic N) is 2. The minimum Gasteiger partial charge on any atom is -0.256 e. The maximum absolute atomic E-state index is 4.58. The number of aromatic nitrogens is 2. The van der Waals surface area contributed by atoms with Crippen LogP contribution in [0.4, 0.5) is 0 Å². The Morgan fingerprint density at radius 1 is 0.292 bits per heavy atom. The summed E-state index contributed by atoms with van der Waals surface area (Å²) in [5.41, 5.74) is 9.28. The molecule has 10 aromatic rings. The van der Waals surface area contributed by atoms with Gasteiger partial charge in [-0.3, -0.25) is 9.97 Å². The number of fused-ring (bicyclic) bond motifs is 8. The Bertz CT molecular complexity index is 2900. The highest BCUT2D eigenvalue weighted by Gasteiger charge is 2.16. The molecule has 0 aliphatic carbocycles. The molecule has 222 valence electrons. The van der Waals surface area contributed by atoms with Gasteiger partial charge < -0.3 is 0 Å². The first kappa shape index (κ1) is 26.8. The zero-order valence-corrected chi connectivity index (χ0v) is 26.1. The number of hydrogen-bond acceptors (Lipinski definition) is 2. The van der Waals surface area contributed by atoms with Crippen molar-refractivity contribution in [2.24, 2.45) is 0 Å². The molecule has 0 radical (unpaired) electrons. The number of benzene rings is 8. The van der Waals surface area contributed by atoms with E-state index in [1.54, 1.807) is 0 Å². The third kappa shape index (κ3) is 4.27. The molecule has 8 aromatic carbocycles. The molecule has 10 rings (SSSR count). The van der Waals surface area contributed by atoms with Crippen molar-refractivity contribution in [3.05, 3.63) is 170 Å². The summed E-state index contributed by atoms with van der Waals surface area (Å²) in [6.45, 7) is 0. The summed E-state index contributed by atoms with van der Waals surface area (Å²) in [5.74, 6) is 0. The van der Waals surface area contributed by atoms with E-state index in [4.69, 9.17) is 0 Å². The lowest BCUT2D eigenvalue weighted by Crippen LogP contribution is -1.90. The average molecular weight is 609 g/mol. The van der Waals surface area contributed by atoms with Gasteiger partial charge in [0.05, 0.1) is 11.0 Å². The first-order valence-electron chi connectivity index (χ1n) is 16.4. The van der Waals surface area contributed by atoms with Gasteiger partial charge in [0, 0.05) is 23.2 Å². The largest absolute Gasteiger partial charge is 0.256 e. The molecule has 0 bridgehead atoms. The van der Waals surface area contributed by atoms with Gasteiger partial charge in [0.15, 0.2) is 0 Å². The quantitative estimate of drug-likeness (QED) is 0.187. The van der Waals surface area contributed by atoms with Gasteiger partial charge in [-0.05, 0) is 137 Å². The molecule has 0 aliphatic heterocycles. The van der Waals surface area contributed by atoms with Crippen molar-refractivity contribution in [3.8, 4) is 33.4 Å². The molecule has 2 heterocycles. The lowest BCUT2D eigenvalue weighted by Gasteiger charge is -2.17. The second kappa shape index (κ2) is 10.6. The molecule has 0 spiro atoms. The highest BCUT2D eigenvalue weighted by Crippen LogP contribution is 2.44. The van der Waals surface area contributed by atoms with E-state index >= 15 is 0 Å². The molecule has 0 aliphatic rings. The fraction of sp³-hybridized carbons (Fsp3) is 0. The Balaban J connectivity index is 1.30. The Morgan fingerprint density at radius 3 is 1.56 bits per heavy atom. The fourth-order valence-corrected chi connectivity index (χ4v) is 7.54. The minimum atomic E-state index is 1.01. The van der Waals surface area contributed by atoms with Crippen LogP contribution in [0.15, 0.2) is 170 Å². The Morgan fingerprint density at radius 2 is 0.812 bits per heavy atom. The van der Waals surface area contributed by atoms with Gasteiger partial charge in [-0.2, -0.15) is 0 Å².